The summed E-state index contributed by atoms with van der Waals surface area (Å²) in [5.41, 5.74) is 0. The molecule has 3 nitrogen and oxygen atoms in total. The molecule has 0 amide bonds. The monoisotopic (exact) mass is 365 g/mol. The molecule has 1 heterocycles. The maximum atomic E-state index is 12.7. The molecule has 0 bridgehead atoms. The van der Waals surface area contributed by atoms with E-state index in [4.69, 9.17) is 11.6 Å². The first-order valence-corrected chi connectivity index (χ1v) is 8.90. The van der Waals surface area contributed by atoms with Crippen molar-refractivity contribution in [3.63, 3.8) is 0 Å². The number of benzene rings is 1. The quantitative estimate of drug-likeness (QED) is 0.795. The van der Waals surface area contributed by atoms with Crippen molar-refractivity contribution in [2.45, 2.75) is 37.6 Å². The standard InChI is InChI=1S/C13H17BrClNO2S/c1-9-5-6-16(10(2)7-9)19(17,18)13-4-3-11(14)8-12(13)15/h3-4,8-10H,5-7H2,1-2H3. The first-order valence-electron chi connectivity index (χ1n) is 6.29. The Balaban J connectivity index is 2.37. The van der Waals surface area contributed by atoms with Gasteiger partial charge in [0, 0.05) is 17.1 Å². The number of sulfonamides is 1. The highest BCUT2D eigenvalue weighted by molar-refractivity contribution is 9.10. The summed E-state index contributed by atoms with van der Waals surface area (Å²) in [6.45, 7) is 4.68. The Hall–Kier alpha value is -0.100. The highest BCUT2D eigenvalue weighted by Crippen LogP contribution is 2.32. The fourth-order valence-corrected chi connectivity index (χ4v) is 5.22. The minimum absolute atomic E-state index is 0.0217. The van der Waals surface area contributed by atoms with Gasteiger partial charge in [-0.1, -0.05) is 34.5 Å². The van der Waals surface area contributed by atoms with Crippen LogP contribution in [0.25, 0.3) is 0 Å². The van der Waals surface area contributed by atoms with E-state index in [0.717, 1.165) is 17.3 Å². The van der Waals surface area contributed by atoms with E-state index in [1.807, 2.05) is 6.92 Å². The van der Waals surface area contributed by atoms with Gasteiger partial charge in [0.25, 0.3) is 0 Å². The van der Waals surface area contributed by atoms with Gasteiger partial charge in [-0.25, -0.2) is 8.42 Å². The van der Waals surface area contributed by atoms with Crippen molar-refractivity contribution in [2.24, 2.45) is 5.92 Å². The van der Waals surface area contributed by atoms with E-state index in [0.29, 0.717) is 12.5 Å². The van der Waals surface area contributed by atoms with E-state index in [2.05, 4.69) is 22.9 Å². The van der Waals surface area contributed by atoms with E-state index < -0.39 is 10.0 Å². The van der Waals surface area contributed by atoms with Crippen molar-refractivity contribution in [3.05, 3.63) is 27.7 Å². The zero-order chi connectivity index (χ0) is 14.2. The number of piperidine rings is 1. The first kappa shape index (κ1) is 15.3. The van der Waals surface area contributed by atoms with E-state index in [9.17, 15) is 8.42 Å². The second-order valence-electron chi connectivity index (χ2n) is 5.17. The predicted octanol–water partition coefficient (Wildman–Crippen LogP) is 3.91. The van der Waals surface area contributed by atoms with Gasteiger partial charge in [-0.15, -0.1) is 0 Å². The van der Waals surface area contributed by atoms with Crippen molar-refractivity contribution in [3.8, 4) is 0 Å². The van der Waals surface area contributed by atoms with Crippen LogP contribution in [0.4, 0.5) is 0 Å². The normalized spacial score (nSPS) is 25.5. The van der Waals surface area contributed by atoms with Crippen LogP contribution in [0.3, 0.4) is 0 Å². The lowest BCUT2D eigenvalue weighted by atomic mass is 9.95. The molecule has 1 aromatic carbocycles. The minimum Gasteiger partial charge on any atom is -0.207 e. The average molecular weight is 367 g/mol. The number of nitrogens with zero attached hydrogens (tertiary/aromatic N) is 1. The summed E-state index contributed by atoms with van der Waals surface area (Å²) in [4.78, 5) is 0.193. The highest BCUT2D eigenvalue weighted by Gasteiger charge is 2.34. The zero-order valence-electron chi connectivity index (χ0n) is 10.9. The lowest BCUT2D eigenvalue weighted by molar-refractivity contribution is 0.220. The van der Waals surface area contributed by atoms with Gasteiger partial charge in [-0.3, -0.25) is 0 Å². The molecule has 0 spiro atoms. The molecule has 1 aliphatic heterocycles. The molecular weight excluding hydrogens is 350 g/mol. The van der Waals surface area contributed by atoms with E-state index >= 15 is 0 Å². The van der Waals surface area contributed by atoms with Crippen molar-refractivity contribution in [1.29, 1.82) is 0 Å². The summed E-state index contributed by atoms with van der Waals surface area (Å²) in [5.74, 6) is 0.571. The lowest BCUT2D eigenvalue weighted by Gasteiger charge is -2.35. The third kappa shape index (κ3) is 3.15. The summed E-state index contributed by atoms with van der Waals surface area (Å²) in [6, 6.07) is 4.90. The third-order valence-electron chi connectivity index (χ3n) is 3.56. The summed E-state index contributed by atoms with van der Waals surface area (Å²) in [6.07, 6.45) is 1.80. The molecule has 0 radical (unpaired) electrons. The molecule has 0 N–H and O–H groups in total. The van der Waals surface area contributed by atoms with Crippen LogP contribution in [0.2, 0.25) is 5.02 Å². The van der Waals surface area contributed by atoms with Crippen LogP contribution in [-0.2, 0) is 10.0 Å². The lowest BCUT2D eigenvalue weighted by Crippen LogP contribution is -2.44. The van der Waals surface area contributed by atoms with Crippen molar-refractivity contribution < 1.29 is 8.42 Å². The van der Waals surface area contributed by atoms with Crippen LogP contribution in [0.1, 0.15) is 26.7 Å². The second kappa shape index (κ2) is 5.72. The predicted molar refractivity (Wildman–Crippen MR) is 80.9 cm³/mol. The van der Waals surface area contributed by atoms with Gasteiger partial charge in [0.2, 0.25) is 10.0 Å². The van der Waals surface area contributed by atoms with Crippen LogP contribution in [0, 0.1) is 5.92 Å². The Morgan fingerprint density at radius 1 is 1.37 bits per heavy atom. The van der Waals surface area contributed by atoms with Gasteiger partial charge >= 0.3 is 0 Å². The second-order valence-corrected chi connectivity index (χ2v) is 8.35. The molecule has 2 rings (SSSR count). The van der Waals surface area contributed by atoms with Crippen LogP contribution in [0.15, 0.2) is 27.6 Å². The van der Waals surface area contributed by atoms with Gasteiger partial charge in [0.15, 0.2) is 0 Å². The SMILES string of the molecule is CC1CCN(S(=O)(=O)c2ccc(Br)cc2Cl)C(C)C1. The number of hydrogen-bond donors (Lipinski definition) is 0. The summed E-state index contributed by atoms with van der Waals surface area (Å²) >= 11 is 9.36. The molecule has 1 aromatic rings. The molecule has 0 aliphatic carbocycles. The van der Waals surface area contributed by atoms with Gasteiger partial charge in [-0.05, 0) is 43.9 Å². The van der Waals surface area contributed by atoms with Crippen molar-refractivity contribution in [2.75, 3.05) is 6.54 Å². The Morgan fingerprint density at radius 3 is 2.63 bits per heavy atom. The largest absolute Gasteiger partial charge is 0.244 e. The molecule has 2 unspecified atom stereocenters. The van der Waals surface area contributed by atoms with Gasteiger partial charge in [0.1, 0.15) is 4.90 Å². The van der Waals surface area contributed by atoms with Gasteiger partial charge in [-0.2, -0.15) is 4.31 Å². The van der Waals surface area contributed by atoms with Crippen molar-refractivity contribution >= 4 is 37.6 Å². The van der Waals surface area contributed by atoms with Crippen LogP contribution in [0.5, 0.6) is 0 Å². The van der Waals surface area contributed by atoms with Crippen molar-refractivity contribution in [1.82, 2.24) is 4.31 Å². The van der Waals surface area contributed by atoms with Crippen LogP contribution in [-0.4, -0.2) is 25.3 Å². The summed E-state index contributed by atoms with van der Waals surface area (Å²) < 4.78 is 27.7. The number of hydrogen-bond acceptors (Lipinski definition) is 2. The molecule has 1 fully saturated rings. The molecule has 0 saturated carbocycles. The third-order valence-corrected chi connectivity index (χ3v) is 6.55. The maximum Gasteiger partial charge on any atom is 0.244 e. The molecule has 1 saturated heterocycles. The summed E-state index contributed by atoms with van der Waals surface area (Å²) in [7, 11) is -3.50. The molecule has 0 aromatic heterocycles. The topological polar surface area (TPSA) is 37.4 Å². The van der Waals surface area contributed by atoms with E-state index in [1.165, 1.54) is 0 Å². The Morgan fingerprint density at radius 2 is 2.05 bits per heavy atom. The highest BCUT2D eigenvalue weighted by atomic mass is 79.9. The fourth-order valence-electron chi connectivity index (χ4n) is 2.55. The van der Waals surface area contributed by atoms with Crippen LogP contribution < -0.4 is 0 Å². The number of rotatable bonds is 2. The Kier molecular flexibility index (Phi) is 4.60. The molecule has 2 atom stereocenters. The summed E-state index contributed by atoms with van der Waals surface area (Å²) in [5, 5.41) is 0.264. The van der Waals surface area contributed by atoms with E-state index in [1.54, 1.807) is 22.5 Å². The zero-order valence-corrected chi connectivity index (χ0v) is 14.1. The smallest absolute Gasteiger partial charge is 0.207 e. The molecule has 1 aliphatic rings. The Labute approximate surface area is 128 Å². The van der Waals surface area contributed by atoms with Gasteiger partial charge < -0.3 is 0 Å². The van der Waals surface area contributed by atoms with Gasteiger partial charge in [0.05, 0.1) is 5.02 Å². The molecule has 19 heavy (non-hydrogen) atoms. The first-order chi connectivity index (χ1) is 8.82. The fraction of sp³-hybridized carbons (Fsp3) is 0.538. The number of halogens is 2. The van der Waals surface area contributed by atoms with Crippen LogP contribution >= 0.6 is 27.5 Å². The average Bonchev–Trinajstić information content (AvgIpc) is 2.27. The molecule has 6 heteroatoms. The minimum atomic E-state index is -3.50. The molecular formula is C13H17BrClNO2S. The van der Waals surface area contributed by atoms with E-state index in [-0.39, 0.29) is 16.0 Å². The molecule has 106 valence electrons. The maximum absolute atomic E-state index is 12.7. The Bertz CT molecular complexity index is 576.